The molecular formula is C30H35NO5S. The average Bonchev–Trinajstić information content (AvgIpc) is 3.25. The van der Waals surface area contributed by atoms with Crippen LogP contribution in [0.5, 0.6) is 0 Å². The number of aliphatic hydroxyl groups excluding tert-OH is 2. The van der Waals surface area contributed by atoms with Crippen molar-refractivity contribution in [3.63, 3.8) is 0 Å². The van der Waals surface area contributed by atoms with E-state index in [-0.39, 0.29) is 22.8 Å². The van der Waals surface area contributed by atoms with Crippen molar-refractivity contribution in [2.75, 3.05) is 11.3 Å². The van der Waals surface area contributed by atoms with Gasteiger partial charge in [0, 0.05) is 23.2 Å². The standard InChI is InChI=1S/C30H35NO5S/c1-20(19-32)10-16-26(33)29-28(21-8-6-5-7-9-21)25-18-23(13-17-27(25)36-29)31-37(34,35)24-14-11-22(12-15-24)30(2,3)4/h5-9,11-15,17-18,20,26,31-33H,10,16,19H2,1-4H3. The normalized spacial score (nSPS) is 14.0. The molecule has 0 bridgehead atoms. The molecule has 7 heteroatoms. The summed E-state index contributed by atoms with van der Waals surface area (Å²) in [5, 5.41) is 21.1. The highest BCUT2D eigenvalue weighted by Gasteiger charge is 2.24. The van der Waals surface area contributed by atoms with Gasteiger partial charge < -0.3 is 14.6 Å². The number of nitrogens with one attached hydrogen (secondary N) is 1. The maximum Gasteiger partial charge on any atom is 0.261 e. The molecule has 0 saturated carbocycles. The molecule has 4 rings (SSSR count). The van der Waals surface area contributed by atoms with Gasteiger partial charge in [-0.3, -0.25) is 4.72 Å². The summed E-state index contributed by atoms with van der Waals surface area (Å²) in [6.45, 7) is 8.23. The third kappa shape index (κ3) is 6.06. The van der Waals surface area contributed by atoms with Gasteiger partial charge in [-0.15, -0.1) is 0 Å². The van der Waals surface area contributed by atoms with Crippen LogP contribution in [0, 0.1) is 5.92 Å². The lowest BCUT2D eigenvalue weighted by Crippen LogP contribution is -2.14. The van der Waals surface area contributed by atoms with Crippen LogP contribution in [0.4, 0.5) is 5.69 Å². The number of sulfonamides is 1. The summed E-state index contributed by atoms with van der Waals surface area (Å²) in [5.74, 6) is 0.502. The van der Waals surface area contributed by atoms with Gasteiger partial charge in [0.05, 0.1) is 4.90 Å². The van der Waals surface area contributed by atoms with Crippen LogP contribution in [-0.2, 0) is 15.4 Å². The Kier molecular flexibility index (Phi) is 7.78. The number of furan rings is 1. The molecule has 0 aliphatic heterocycles. The first-order chi connectivity index (χ1) is 17.5. The lowest BCUT2D eigenvalue weighted by molar-refractivity contribution is 0.127. The minimum atomic E-state index is -3.81. The van der Waals surface area contributed by atoms with E-state index in [1.54, 1.807) is 30.3 Å². The van der Waals surface area contributed by atoms with E-state index >= 15 is 0 Å². The molecule has 0 saturated heterocycles. The first-order valence-corrected chi connectivity index (χ1v) is 14.0. The first kappa shape index (κ1) is 26.9. The number of fused-ring (bicyclic) bond motifs is 1. The molecule has 2 atom stereocenters. The SMILES string of the molecule is CC(CO)CCC(O)c1oc2ccc(NS(=O)(=O)c3ccc(C(C)(C)C)cc3)cc2c1-c1ccccc1. The summed E-state index contributed by atoms with van der Waals surface area (Å²) in [7, 11) is -3.81. The molecular weight excluding hydrogens is 486 g/mol. The van der Waals surface area contributed by atoms with Crippen molar-refractivity contribution in [2.24, 2.45) is 5.92 Å². The maximum atomic E-state index is 13.1. The minimum absolute atomic E-state index is 0.0564. The van der Waals surface area contributed by atoms with Crippen LogP contribution in [0.3, 0.4) is 0 Å². The lowest BCUT2D eigenvalue weighted by atomic mass is 9.87. The van der Waals surface area contributed by atoms with Gasteiger partial charge in [0.2, 0.25) is 0 Å². The van der Waals surface area contributed by atoms with Gasteiger partial charge in [-0.2, -0.15) is 0 Å². The largest absolute Gasteiger partial charge is 0.458 e. The molecule has 0 spiro atoms. The van der Waals surface area contributed by atoms with Crippen LogP contribution in [0.15, 0.2) is 82.1 Å². The second-order valence-corrected chi connectivity index (χ2v) is 12.4. The third-order valence-electron chi connectivity index (χ3n) is 6.61. The summed E-state index contributed by atoms with van der Waals surface area (Å²) in [4.78, 5) is 0.185. The molecule has 0 amide bonds. The van der Waals surface area contributed by atoms with Gasteiger partial charge in [-0.05, 0) is 65.6 Å². The molecule has 6 nitrogen and oxygen atoms in total. The van der Waals surface area contributed by atoms with Gasteiger partial charge in [0.15, 0.2) is 0 Å². The summed E-state index contributed by atoms with van der Waals surface area (Å²) >= 11 is 0. The Labute approximate surface area is 219 Å². The average molecular weight is 522 g/mol. The highest BCUT2D eigenvalue weighted by Crippen LogP contribution is 2.40. The molecule has 37 heavy (non-hydrogen) atoms. The monoisotopic (exact) mass is 521 g/mol. The summed E-state index contributed by atoms with van der Waals surface area (Å²) in [6, 6.07) is 21.6. The van der Waals surface area contributed by atoms with E-state index in [1.807, 2.05) is 49.4 Å². The number of rotatable bonds is 9. The lowest BCUT2D eigenvalue weighted by Gasteiger charge is -2.19. The minimum Gasteiger partial charge on any atom is -0.458 e. The molecule has 0 aliphatic carbocycles. The Morgan fingerprint density at radius 3 is 2.24 bits per heavy atom. The Morgan fingerprint density at radius 1 is 0.946 bits per heavy atom. The van der Waals surface area contributed by atoms with Crippen LogP contribution >= 0.6 is 0 Å². The van der Waals surface area contributed by atoms with Crippen molar-refractivity contribution < 1.29 is 23.0 Å². The molecule has 2 unspecified atom stereocenters. The fourth-order valence-electron chi connectivity index (χ4n) is 4.33. The van der Waals surface area contributed by atoms with Crippen LogP contribution in [0.2, 0.25) is 0 Å². The molecule has 3 aromatic carbocycles. The Morgan fingerprint density at radius 2 is 1.62 bits per heavy atom. The van der Waals surface area contributed by atoms with Crippen molar-refractivity contribution in [1.82, 2.24) is 0 Å². The predicted molar refractivity (Wildman–Crippen MR) is 148 cm³/mol. The number of aliphatic hydroxyl groups is 2. The van der Waals surface area contributed by atoms with Gasteiger partial charge in [0.1, 0.15) is 17.4 Å². The smallest absolute Gasteiger partial charge is 0.261 e. The first-order valence-electron chi connectivity index (χ1n) is 12.5. The van der Waals surface area contributed by atoms with Crippen molar-refractivity contribution >= 4 is 26.7 Å². The maximum absolute atomic E-state index is 13.1. The number of hydrogen-bond donors (Lipinski definition) is 3. The van der Waals surface area contributed by atoms with Crippen molar-refractivity contribution in [3.05, 3.63) is 84.1 Å². The molecule has 0 radical (unpaired) electrons. The number of benzene rings is 3. The summed E-state index contributed by atoms with van der Waals surface area (Å²) in [6.07, 6.45) is 0.214. The summed E-state index contributed by atoms with van der Waals surface area (Å²) in [5.41, 5.74) is 3.53. The zero-order valence-corrected chi connectivity index (χ0v) is 22.5. The fraction of sp³-hybridized carbons (Fsp3) is 0.333. The highest BCUT2D eigenvalue weighted by atomic mass is 32.2. The molecule has 0 fully saturated rings. The molecule has 4 aromatic rings. The Balaban J connectivity index is 1.71. The van der Waals surface area contributed by atoms with E-state index in [0.717, 1.165) is 16.7 Å². The number of anilines is 1. The third-order valence-corrected chi connectivity index (χ3v) is 8.00. The quantitative estimate of drug-likeness (QED) is 0.229. The van der Waals surface area contributed by atoms with Crippen LogP contribution in [0.1, 0.15) is 58.0 Å². The van der Waals surface area contributed by atoms with Gasteiger partial charge in [0.25, 0.3) is 10.0 Å². The molecule has 1 heterocycles. The number of hydrogen-bond acceptors (Lipinski definition) is 5. The van der Waals surface area contributed by atoms with Crippen molar-refractivity contribution in [1.29, 1.82) is 0 Å². The predicted octanol–water partition coefficient (Wildman–Crippen LogP) is 6.64. The van der Waals surface area contributed by atoms with Gasteiger partial charge in [-0.1, -0.05) is 70.2 Å². The Hall–Kier alpha value is -3.13. The summed E-state index contributed by atoms with van der Waals surface area (Å²) < 4.78 is 35.1. The molecule has 196 valence electrons. The van der Waals surface area contributed by atoms with Crippen molar-refractivity contribution in [3.8, 4) is 11.1 Å². The topological polar surface area (TPSA) is 99.8 Å². The fourth-order valence-corrected chi connectivity index (χ4v) is 5.38. The van der Waals surface area contributed by atoms with Crippen LogP contribution in [0.25, 0.3) is 22.1 Å². The van der Waals surface area contributed by atoms with Crippen LogP contribution in [-0.4, -0.2) is 25.2 Å². The Bertz CT molecular complexity index is 1450. The van der Waals surface area contributed by atoms with Crippen molar-refractivity contribution in [2.45, 2.75) is 57.0 Å². The molecule has 0 aliphatic rings. The second kappa shape index (κ2) is 10.7. The zero-order chi connectivity index (χ0) is 26.8. The zero-order valence-electron chi connectivity index (χ0n) is 21.7. The van der Waals surface area contributed by atoms with E-state index in [0.29, 0.717) is 35.3 Å². The van der Waals surface area contributed by atoms with Gasteiger partial charge >= 0.3 is 0 Å². The van der Waals surface area contributed by atoms with E-state index in [9.17, 15) is 18.6 Å². The van der Waals surface area contributed by atoms with E-state index in [1.165, 1.54) is 0 Å². The van der Waals surface area contributed by atoms with E-state index < -0.39 is 16.1 Å². The molecule has 1 aromatic heterocycles. The van der Waals surface area contributed by atoms with E-state index in [4.69, 9.17) is 4.42 Å². The second-order valence-electron chi connectivity index (χ2n) is 10.7. The highest BCUT2D eigenvalue weighted by molar-refractivity contribution is 7.92. The van der Waals surface area contributed by atoms with Gasteiger partial charge in [-0.25, -0.2) is 8.42 Å². The molecule has 3 N–H and O–H groups in total. The van der Waals surface area contributed by atoms with E-state index in [2.05, 4.69) is 25.5 Å². The van der Waals surface area contributed by atoms with Crippen LogP contribution < -0.4 is 4.72 Å².